The number of rotatable bonds is 7. The first-order valence-electron chi connectivity index (χ1n) is 9.46. The molecule has 2 amide bonds. The summed E-state index contributed by atoms with van der Waals surface area (Å²) in [7, 11) is -1.80. The summed E-state index contributed by atoms with van der Waals surface area (Å²) in [5.41, 5.74) is 2.13. The maximum absolute atomic E-state index is 12.1. The Morgan fingerprint density at radius 1 is 0.710 bits per heavy atom. The fraction of sp³-hybridized carbons (Fsp3) is 0.0909. The number of hydrogen-bond acceptors (Lipinski definition) is 6. The molecular formula is C22H21BN2O6. The summed E-state index contributed by atoms with van der Waals surface area (Å²) in [4.78, 5) is 24.2. The van der Waals surface area contributed by atoms with Crippen molar-refractivity contribution in [2.24, 2.45) is 0 Å². The fourth-order valence-corrected chi connectivity index (χ4v) is 2.70. The number of nitrogens with one attached hydrogen (secondary N) is 2. The van der Waals surface area contributed by atoms with E-state index >= 15 is 0 Å². The maximum Gasteiger partial charge on any atom is 0.488 e. The van der Waals surface area contributed by atoms with Crippen LogP contribution in [0.1, 0.15) is 11.1 Å². The topological polar surface area (TPSA) is 117 Å². The summed E-state index contributed by atoms with van der Waals surface area (Å²) in [5.74, 6) is 0. The van der Waals surface area contributed by atoms with Crippen LogP contribution in [0.2, 0.25) is 0 Å². The van der Waals surface area contributed by atoms with Crippen molar-refractivity contribution >= 4 is 36.1 Å². The van der Waals surface area contributed by atoms with Gasteiger partial charge < -0.3 is 19.5 Å². The van der Waals surface area contributed by atoms with Crippen molar-refractivity contribution in [2.45, 2.75) is 13.2 Å². The van der Waals surface area contributed by atoms with E-state index in [1.807, 2.05) is 60.7 Å². The summed E-state index contributed by atoms with van der Waals surface area (Å²) in [5, 5.41) is 24.0. The van der Waals surface area contributed by atoms with Crippen LogP contribution in [0.15, 0.2) is 78.9 Å². The molecule has 0 fully saturated rings. The Balaban J connectivity index is 1.61. The van der Waals surface area contributed by atoms with Gasteiger partial charge in [-0.1, -0.05) is 60.7 Å². The summed E-state index contributed by atoms with van der Waals surface area (Å²) in [6, 6.07) is 22.5. The third-order valence-electron chi connectivity index (χ3n) is 4.17. The van der Waals surface area contributed by atoms with E-state index in [1.54, 1.807) is 0 Å². The van der Waals surface area contributed by atoms with Gasteiger partial charge in [0.2, 0.25) is 0 Å². The summed E-state index contributed by atoms with van der Waals surface area (Å²) in [6.45, 7) is 0.151. The van der Waals surface area contributed by atoms with Gasteiger partial charge in [0.05, 0.1) is 0 Å². The first-order chi connectivity index (χ1) is 15.0. The van der Waals surface area contributed by atoms with Crippen molar-refractivity contribution in [1.29, 1.82) is 0 Å². The maximum atomic E-state index is 12.1. The molecule has 0 aliphatic rings. The molecule has 0 saturated carbocycles. The van der Waals surface area contributed by atoms with Gasteiger partial charge in [0.15, 0.2) is 0 Å². The van der Waals surface area contributed by atoms with Crippen LogP contribution in [-0.4, -0.2) is 29.4 Å². The number of benzene rings is 3. The van der Waals surface area contributed by atoms with Crippen LogP contribution in [0.3, 0.4) is 0 Å². The molecule has 9 heteroatoms. The minimum Gasteiger partial charge on any atom is -0.444 e. The van der Waals surface area contributed by atoms with E-state index in [0.29, 0.717) is 0 Å². The molecule has 3 aromatic carbocycles. The van der Waals surface area contributed by atoms with E-state index in [2.05, 4.69) is 10.6 Å². The van der Waals surface area contributed by atoms with Crippen LogP contribution >= 0.6 is 0 Å². The fourth-order valence-electron chi connectivity index (χ4n) is 2.70. The summed E-state index contributed by atoms with van der Waals surface area (Å²) < 4.78 is 10.3. The van der Waals surface area contributed by atoms with Gasteiger partial charge in [0, 0.05) is 11.4 Å². The van der Waals surface area contributed by atoms with E-state index < -0.39 is 19.3 Å². The monoisotopic (exact) mass is 420 g/mol. The molecule has 0 atom stereocenters. The van der Waals surface area contributed by atoms with E-state index in [9.17, 15) is 19.6 Å². The van der Waals surface area contributed by atoms with Gasteiger partial charge in [0.25, 0.3) is 0 Å². The third kappa shape index (κ3) is 7.18. The van der Waals surface area contributed by atoms with Gasteiger partial charge in [-0.25, -0.2) is 9.59 Å². The quantitative estimate of drug-likeness (QED) is 0.437. The van der Waals surface area contributed by atoms with Crippen molar-refractivity contribution in [1.82, 2.24) is 0 Å². The first-order valence-corrected chi connectivity index (χ1v) is 9.46. The molecule has 0 aliphatic carbocycles. The Morgan fingerprint density at radius 2 is 1.13 bits per heavy atom. The number of ether oxygens (including phenoxy) is 2. The molecular weight excluding hydrogens is 399 g/mol. The zero-order chi connectivity index (χ0) is 22.1. The van der Waals surface area contributed by atoms with Crippen molar-refractivity contribution in [3.8, 4) is 0 Å². The smallest absolute Gasteiger partial charge is 0.444 e. The molecule has 31 heavy (non-hydrogen) atoms. The second kappa shape index (κ2) is 10.8. The Morgan fingerprint density at radius 3 is 1.52 bits per heavy atom. The number of carbonyl (C=O) groups excluding carboxylic acids is 2. The first kappa shape index (κ1) is 21.9. The van der Waals surface area contributed by atoms with E-state index in [0.717, 1.165) is 11.1 Å². The molecule has 0 unspecified atom stereocenters. The van der Waals surface area contributed by atoms with Crippen LogP contribution in [0.25, 0.3) is 0 Å². The van der Waals surface area contributed by atoms with Gasteiger partial charge in [-0.2, -0.15) is 0 Å². The average molecular weight is 420 g/mol. The lowest BCUT2D eigenvalue weighted by Gasteiger charge is -2.12. The predicted molar refractivity (Wildman–Crippen MR) is 117 cm³/mol. The molecule has 0 saturated heterocycles. The minimum absolute atomic E-state index is 0.0687. The molecule has 3 aromatic rings. The van der Waals surface area contributed by atoms with Crippen molar-refractivity contribution in [3.63, 3.8) is 0 Å². The van der Waals surface area contributed by atoms with Crippen LogP contribution in [0, 0.1) is 0 Å². The van der Waals surface area contributed by atoms with Crippen molar-refractivity contribution in [2.75, 3.05) is 10.6 Å². The minimum atomic E-state index is -1.80. The highest BCUT2D eigenvalue weighted by Gasteiger charge is 2.16. The highest BCUT2D eigenvalue weighted by molar-refractivity contribution is 6.59. The van der Waals surface area contributed by atoms with Crippen molar-refractivity contribution in [3.05, 3.63) is 90.0 Å². The SMILES string of the molecule is O=C(Nc1cc(NC(=O)OCc2ccccc2)cc(B(O)O)c1)OCc1ccccc1. The second-order valence-electron chi connectivity index (χ2n) is 6.59. The lowest BCUT2D eigenvalue weighted by Crippen LogP contribution is -2.31. The van der Waals surface area contributed by atoms with Crippen LogP contribution in [0.4, 0.5) is 21.0 Å². The Bertz CT molecular complexity index is 939. The molecule has 0 heterocycles. The van der Waals surface area contributed by atoms with E-state index in [1.165, 1.54) is 18.2 Å². The number of anilines is 2. The summed E-state index contributed by atoms with van der Waals surface area (Å²) in [6.07, 6.45) is -1.46. The van der Waals surface area contributed by atoms with E-state index in [-0.39, 0.29) is 30.1 Å². The molecule has 0 radical (unpaired) electrons. The second-order valence-corrected chi connectivity index (χ2v) is 6.59. The molecule has 4 N–H and O–H groups in total. The molecule has 3 rings (SSSR count). The van der Waals surface area contributed by atoms with Gasteiger partial charge >= 0.3 is 19.3 Å². The van der Waals surface area contributed by atoms with Crippen LogP contribution in [-0.2, 0) is 22.7 Å². The van der Waals surface area contributed by atoms with Crippen molar-refractivity contribution < 1.29 is 29.1 Å². The lowest BCUT2D eigenvalue weighted by molar-refractivity contribution is 0.154. The molecule has 0 spiro atoms. The number of hydrogen-bond donors (Lipinski definition) is 4. The van der Waals surface area contributed by atoms with Crippen LogP contribution < -0.4 is 16.1 Å². The van der Waals surface area contributed by atoms with Gasteiger partial charge in [0.1, 0.15) is 13.2 Å². The zero-order valence-electron chi connectivity index (χ0n) is 16.5. The highest BCUT2D eigenvalue weighted by Crippen LogP contribution is 2.16. The standard InChI is InChI=1S/C22H21BN2O6/c26-21(30-14-16-7-3-1-4-8-16)24-19-11-18(23(28)29)12-20(13-19)25-22(27)31-15-17-9-5-2-6-10-17/h1-13,28-29H,14-15H2,(H,24,26)(H,25,27). The number of amides is 2. The van der Waals surface area contributed by atoms with E-state index in [4.69, 9.17) is 9.47 Å². The lowest BCUT2D eigenvalue weighted by atomic mass is 9.80. The molecule has 0 bridgehead atoms. The molecule has 8 nitrogen and oxygen atoms in total. The Kier molecular flexibility index (Phi) is 7.64. The van der Waals surface area contributed by atoms with Gasteiger partial charge in [-0.05, 0) is 34.8 Å². The molecule has 158 valence electrons. The Labute approximate surface area is 179 Å². The zero-order valence-corrected chi connectivity index (χ0v) is 16.5. The molecule has 0 aromatic heterocycles. The van der Waals surface area contributed by atoms with Gasteiger partial charge in [-0.3, -0.25) is 10.6 Å². The normalized spacial score (nSPS) is 10.1. The average Bonchev–Trinajstić information content (AvgIpc) is 2.77. The summed E-state index contributed by atoms with van der Waals surface area (Å²) >= 11 is 0. The Hall–Kier alpha value is -3.82. The predicted octanol–water partition coefficient (Wildman–Crippen LogP) is 2.86. The largest absolute Gasteiger partial charge is 0.488 e. The highest BCUT2D eigenvalue weighted by atomic mass is 16.6. The molecule has 0 aliphatic heterocycles. The number of carbonyl (C=O) groups is 2. The third-order valence-corrected chi connectivity index (χ3v) is 4.17. The van der Waals surface area contributed by atoms with Gasteiger partial charge in [-0.15, -0.1) is 0 Å². The van der Waals surface area contributed by atoms with Crippen LogP contribution in [0.5, 0.6) is 0 Å².